The molecule has 3 rings (SSSR count). The summed E-state index contributed by atoms with van der Waals surface area (Å²) in [5.41, 5.74) is 4.76. The van der Waals surface area contributed by atoms with Crippen LogP contribution in [0.3, 0.4) is 0 Å². The average Bonchev–Trinajstić information content (AvgIpc) is 2.83. The second kappa shape index (κ2) is 8.37. The first-order valence-corrected chi connectivity index (χ1v) is 11.1. The SMILES string of the molecule is C[C]1[CH][C]2C=C3CCCC3=C[C]2[C]1[Si](C)(C)[N-]C(C)(C)C.[CH3-].[CH3-].[Ti+4]. The van der Waals surface area contributed by atoms with E-state index in [-0.39, 0.29) is 42.1 Å². The van der Waals surface area contributed by atoms with Crippen molar-refractivity contribution < 1.29 is 21.7 Å². The molecule has 0 unspecified atom stereocenters. The molecule has 0 saturated heterocycles. The van der Waals surface area contributed by atoms with E-state index in [4.69, 9.17) is 4.98 Å². The van der Waals surface area contributed by atoms with Crippen molar-refractivity contribution in [3.05, 3.63) is 72.8 Å². The summed E-state index contributed by atoms with van der Waals surface area (Å²) in [6.45, 7) is 13.7. The number of allylic oxidation sites excluding steroid dienone is 4. The maximum Gasteiger partial charge on any atom is 4.00 e. The Labute approximate surface area is 168 Å². The zero-order valence-corrected chi connectivity index (χ0v) is 19.4. The molecule has 0 aromatic heterocycles. The van der Waals surface area contributed by atoms with Crippen LogP contribution in [0.25, 0.3) is 4.98 Å². The summed E-state index contributed by atoms with van der Waals surface area (Å²) in [5, 5.41) is 0. The topological polar surface area (TPSA) is 14.1 Å². The van der Waals surface area contributed by atoms with Gasteiger partial charge in [-0.3, -0.25) is 0 Å². The van der Waals surface area contributed by atoms with Crippen molar-refractivity contribution in [1.29, 1.82) is 0 Å². The molecule has 0 spiro atoms. The third-order valence-corrected chi connectivity index (χ3v) is 7.64. The summed E-state index contributed by atoms with van der Waals surface area (Å²) < 4.78 is 0. The zero-order chi connectivity index (χ0) is 15.4. The maximum absolute atomic E-state index is 5.23. The standard InChI is InChI=1S/C19H27NSi.2CH3.Ti/c1-13-10-16-11-14-8-7-9-15(14)12-17(16)18(13)21(5,6)20-19(2,3)4;;;/h10-12H,7-9H2,1-6H3;2*1H3;/q3*-1;+4. The van der Waals surface area contributed by atoms with Gasteiger partial charge in [-0.2, -0.15) is 0 Å². The molecule has 3 aliphatic rings. The molecule has 5 radical (unpaired) electrons. The van der Waals surface area contributed by atoms with Crippen molar-refractivity contribution in [1.82, 2.24) is 0 Å². The Morgan fingerprint density at radius 1 is 1.00 bits per heavy atom. The second-order valence-electron chi connectivity index (χ2n) is 8.11. The third-order valence-electron chi connectivity index (χ3n) is 4.53. The van der Waals surface area contributed by atoms with E-state index in [9.17, 15) is 0 Å². The Morgan fingerprint density at radius 3 is 2.08 bits per heavy atom. The quantitative estimate of drug-likeness (QED) is 0.392. The van der Waals surface area contributed by atoms with Gasteiger partial charge in [0.05, 0.1) is 0 Å². The second-order valence-corrected chi connectivity index (χ2v) is 11.9. The fraction of sp³-hybridized carbons (Fsp3) is 0.476. The van der Waals surface area contributed by atoms with E-state index in [1.807, 2.05) is 0 Å². The van der Waals surface area contributed by atoms with Crippen molar-refractivity contribution in [2.45, 2.75) is 65.6 Å². The maximum atomic E-state index is 5.23. The van der Waals surface area contributed by atoms with Crippen LogP contribution < -0.4 is 0 Å². The summed E-state index contributed by atoms with van der Waals surface area (Å²) in [4.78, 5) is 5.23. The van der Waals surface area contributed by atoms with Crippen molar-refractivity contribution in [2.75, 3.05) is 0 Å². The van der Waals surface area contributed by atoms with Gasteiger partial charge < -0.3 is 19.8 Å². The molecule has 0 aliphatic heterocycles. The van der Waals surface area contributed by atoms with Crippen molar-refractivity contribution in [3.63, 3.8) is 0 Å². The third kappa shape index (κ3) is 4.75. The molecule has 0 atom stereocenters. The van der Waals surface area contributed by atoms with Crippen LogP contribution in [-0.4, -0.2) is 13.8 Å². The van der Waals surface area contributed by atoms with Gasteiger partial charge in [-0.25, -0.2) is 0 Å². The number of fused-ring (bicyclic) bond motifs is 2. The molecule has 0 N–H and O–H groups in total. The van der Waals surface area contributed by atoms with Crippen LogP contribution in [0.2, 0.25) is 13.1 Å². The van der Waals surface area contributed by atoms with Crippen LogP contribution in [-0.2, 0) is 21.7 Å². The van der Waals surface area contributed by atoms with Crippen molar-refractivity contribution >= 4 is 8.24 Å². The first kappa shape index (κ1) is 24.4. The Bertz CT molecular complexity index is 487. The van der Waals surface area contributed by atoms with Crippen molar-refractivity contribution in [3.8, 4) is 0 Å². The molecular weight excluding hydrogens is 342 g/mol. The Balaban J connectivity index is 0.00000176. The normalized spacial score (nSPS) is 22.6. The molecule has 3 aliphatic carbocycles. The van der Waals surface area contributed by atoms with E-state index < -0.39 is 8.24 Å². The Hall–Kier alpha value is 0.371. The van der Waals surface area contributed by atoms with Crippen LogP contribution in [0.15, 0.2) is 23.3 Å². The van der Waals surface area contributed by atoms with Gasteiger partial charge in [0.1, 0.15) is 0 Å². The molecular formula is C21H33NSiTi+. The van der Waals surface area contributed by atoms with Gasteiger partial charge in [0.25, 0.3) is 0 Å². The predicted molar refractivity (Wildman–Crippen MR) is 106 cm³/mol. The average molecular weight is 375 g/mol. The van der Waals surface area contributed by atoms with Crippen LogP contribution in [0, 0.1) is 44.6 Å². The minimum Gasteiger partial charge on any atom is -0.659 e. The number of hydrogen-bond donors (Lipinski definition) is 0. The molecule has 2 fully saturated rings. The number of hydrogen-bond acceptors (Lipinski definition) is 0. The molecule has 2 saturated carbocycles. The molecule has 0 aromatic carbocycles. The van der Waals surface area contributed by atoms with E-state index in [1.165, 1.54) is 37.0 Å². The van der Waals surface area contributed by atoms with Gasteiger partial charge in [-0.1, -0.05) is 61.2 Å². The molecule has 0 aromatic rings. The van der Waals surface area contributed by atoms with Gasteiger partial charge in [0.2, 0.25) is 0 Å². The molecule has 0 heterocycles. The van der Waals surface area contributed by atoms with Gasteiger partial charge in [0, 0.05) is 11.8 Å². The minimum atomic E-state index is -1.78. The number of rotatable bonds is 2. The monoisotopic (exact) mass is 375 g/mol. The summed E-state index contributed by atoms with van der Waals surface area (Å²) in [6, 6.07) is 0. The van der Waals surface area contributed by atoms with Crippen LogP contribution in [0.1, 0.15) is 47.0 Å². The molecule has 3 heteroatoms. The predicted octanol–water partition coefficient (Wildman–Crippen LogP) is 6.39. The summed E-state index contributed by atoms with van der Waals surface area (Å²) in [5.74, 6) is 4.36. The Kier molecular flexibility index (Phi) is 8.50. The van der Waals surface area contributed by atoms with E-state index >= 15 is 0 Å². The fourth-order valence-electron chi connectivity index (χ4n) is 4.20. The van der Waals surface area contributed by atoms with Gasteiger partial charge >= 0.3 is 21.7 Å². The first-order chi connectivity index (χ1) is 9.67. The summed E-state index contributed by atoms with van der Waals surface area (Å²) >= 11 is 0. The zero-order valence-electron chi connectivity index (χ0n) is 16.8. The van der Waals surface area contributed by atoms with E-state index in [2.05, 4.69) is 59.4 Å². The summed E-state index contributed by atoms with van der Waals surface area (Å²) in [6.07, 6.45) is 11.1. The van der Waals surface area contributed by atoms with Gasteiger partial charge in [-0.15, -0.1) is 5.54 Å². The van der Waals surface area contributed by atoms with E-state index in [0.29, 0.717) is 0 Å². The Morgan fingerprint density at radius 2 is 1.54 bits per heavy atom. The molecule has 129 valence electrons. The molecule has 24 heavy (non-hydrogen) atoms. The largest absolute Gasteiger partial charge is 4.00 e. The summed E-state index contributed by atoms with van der Waals surface area (Å²) in [7, 11) is -1.78. The van der Waals surface area contributed by atoms with E-state index in [0.717, 1.165) is 0 Å². The van der Waals surface area contributed by atoms with Gasteiger partial charge in [-0.05, 0) is 48.3 Å². The van der Waals surface area contributed by atoms with Crippen LogP contribution in [0.5, 0.6) is 0 Å². The van der Waals surface area contributed by atoms with Crippen LogP contribution >= 0.6 is 0 Å². The van der Waals surface area contributed by atoms with E-state index in [1.54, 1.807) is 16.7 Å². The minimum absolute atomic E-state index is 0. The fourth-order valence-corrected chi connectivity index (χ4v) is 7.91. The van der Waals surface area contributed by atoms with Crippen LogP contribution in [0.4, 0.5) is 0 Å². The molecule has 1 nitrogen and oxygen atoms in total. The molecule has 0 amide bonds. The first-order valence-electron chi connectivity index (χ1n) is 8.14. The number of nitrogens with zero attached hydrogens (tertiary/aromatic N) is 1. The molecule has 0 bridgehead atoms. The van der Waals surface area contributed by atoms with Gasteiger partial charge in [0.15, 0.2) is 0 Å². The smallest absolute Gasteiger partial charge is 0.659 e. The van der Waals surface area contributed by atoms with Crippen molar-refractivity contribution in [2.24, 2.45) is 0 Å².